The molecule has 17 heavy (non-hydrogen) atoms. The Morgan fingerprint density at radius 1 is 1.41 bits per heavy atom. The van der Waals surface area contributed by atoms with Gasteiger partial charge in [-0.05, 0) is 47.4 Å². The lowest BCUT2D eigenvalue weighted by atomic mass is 10.1. The molecule has 0 saturated carbocycles. The Kier molecular flexibility index (Phi) is 4.39. The summed E-state index contributed by atoms with van der Waals surface area (Å²) in [5, 5.41) is 9.06. The molecule has 1 aromatic carbocycles. The summed E-state index contributed by atoms with van der Waals surface area (Å²) in [6.07, 6.45) is 2.15. The fourth-order valence-corrected chi connectivity index (χ4v) is 2.27. The third-order valence-corrected chi connectivity index (χ3v) is 3.45. The first-order valence-corrected chi connectivity index (χ1v) is 6.58. The van der Waals surface area contributed by atoms with Crippen LogP contribution in [0.2, 0.25) is 0 Å². The Morgan fingerprint density at radius 3 is 2.94 bits per heavy atom. The lowest BCUT2D eigenvalue weighted by Crippen LogP contribution is -2.47. The molecular weight excluding hydrogens is 282 g/mol. The zero-order valence-corrected chi connectivity index (χ0v) is 11.1. The molecule has 2 amide bonds. The first-order valence-electron chi connectivity index (χ1n) is 5.78. The largest absolute Gasteiger partial charge is 0.334 e. The van der Waals surface area contributed by atoms with Crippen molar-refractivity contribution in [3.63, 3.8) is 0 Å². The van der Waals surface area contributed by atoms with Gasteiger partial charge in [0.05, 0.1) is 5.69 Å². The van der Waals surface area contributed by atoms with Crippen LogP contribution in [0, 0.1) is 0 Å². The molecule has 92 valence electrons. The van der Waals surface area contributed by atoms with Crippen LogP contribution in [0.5, 0.6) is 0 Å². The van der Waals surface area contributed by atoms with Gasteiger partial charge < -0.3 is 16.0 Å². The fraction of sp³-hybridized carbons (Fsp3) is 0.417. The van der Waals surface area contributed by atoms with Crippen molar-refractivity contribution in [3.8, 4) is 0 Å². The van der Waals surface area contributed by atoms with E-state index < -0.39 is 0 Å². The van der Waals surface area contributed by atoms with Crippen molar-refractivity contribution in [1.29, 1.82) is 0 Å². The predicted molar refractivity (Wildman–Crippen MR) is 72.2 cm³/mol. The summed E-state index contributed by atoms with van der Waals surface area (Å²) in [7, 11) is 0. The second-order valence-corrected chi connectivity index (χ2v) is 4.98. The fourth-order valence-electron chi connectivity index (χ4n) is 1.88. The Hall–Kier alpha value is -1.07. The van der Waals surface area contributed by atoms with Crippen LogP contribution >= 0.6 is 15.9 Å². The number of carbonyl (C=O) groups excluding carboxylic acids is 1. The number of hydrogen-bond donors (Lipinski definition) is 3. The zero-order valence-electron chi connectivity index (χ0n) is 9.50. The van der Waals surface area contributed by atoms with Crippen molar-refractivity contribution >= 4 is 27.6 Å². The Bertz CT molecular complexity index is 391. The molecule has 1 aliphatic rings. The highest BCUT2D eigenvalue weighted by molar-refractivity contribution is 9.10. The van der Waals surface area contributed by atoms with Crippen molar-refractivity contribution in [2.24, 2.45) is 0 Å². The van der Waals surface area contributed by atoms with E-state index in [0.717, 1.165) is 36.1 Å². The molecule has 0 aromatic heterocycles. The van der Waals surface area contributed by atoms with Crippen molar-refractivity contribution in [2.75, 3.05) is 18.4 Å². The van der Waals surface area contributed by atoms with Crippen molar-refractivity contribution in [1.82, 2.24) is 10.6 Å². The van der Waals surface area contributed by atoms with Gasteiger partial charge in [-0.15, -0.1) is 0 Å². The smallest absolute Gasteiger partial charge is 0.319 e. The SMILES string of the molecule is O=C(Nc1ccccc1Br)NC1CCCNC1. The summed E-state index contributed by atoms with van der Waals surface area (Å²) in [6.45, 7) is 1.90. The molecule has 0 spiro atoms. The average molecular weight is 298 g/mol. The second-order valence-electron chi connectivity index (χ2n) is 4.12. The van der Waals surface area contributed by atoms with E-state index in [1.807, 2.05) is 24.3 Å². The Morgan fingerprint density at radius 2 is 2.24 bits per heavy atom. The van der Waals surface area contributed by atoms with Crippen molar-refractivity contribution < 1.29 is 4.79 Å². The van der Waals surface area contributed by atoms with Gasteiger partial charge in [0.25, 0.3) is 0 Å². The van der Waals surface area contributed by atoms with Gasteiger partial charge in [-0.25, -0.2) is 4.79 Å². The third kappa shape index (κ3) is 3.71. The van der Waals surface area contributed by atoms with E-state index in [9.17, 15) is 4.79 Å². The number of para-hydroxylation sites is 1. The van der Waals surface area contributed by atoms with E-state index in [2.05, 4.69) is 31.9 Å². The highest BCUT2D eigenvalue weighted by Crippen LogP contribution is 2.20. The quantitative estimate of drug-likeness (QED) is 0.785. The van der Waals surface area contributed by atoms with E-state index in [1.54, 1.807) is 0 Å². The number of hydrogen-bond acceptors (Lipinski definition) is 2. The summed E-state index contributed by atoms with van der Waals surface area (Å²) >= 11 is 3.40. The van der Waals surface area contributed by atoms with Gasteiger partial charge >= 0.3 is 6.03 Å². The van der Waals surface area contributed by atoms with E-state index in [-0.39, 0.29) is 12.1 Å². The van der Waals surface area contributed by atoms with Gasteiger partial charge in [0.1, 0.15) is 0 Å². The minimum Gasteiger partial charge on any atom is -0.334 e. The minimum atomic E-state index is -0.148. The Labute approximate surface area is 109 Å². The lowest BCUT2D eigenvalue weighted by molar-refractivity contribution is 0.245. The highest BCUT2D eigenvalue weighted by Gasteiger charge is 2.15. The molecule has 1 fully saturated rings. The predicted octanol–water partition coefficient (Wildman–Crippen LogP) is 2.32. The van der Waals surface area contributed by atoms with Crippen LogP contribution in [-0.2, 0) is 0 Å². The van der Waals surface area contributed by atoms with E-state index >= 15 is 0 Å². The molecule has 1 saturated heterocycles. The average Bonchev–Trinajstić information content (AvgIpc) is 2.33. The molecule has 1 atom stereocenters. The first kappa shape index (κ1) is 12.4. The number of rotatable bonds is 2. The number of amides is 2. The first-order chi connectivity index (χ1) is 8.25. The number of carbonyl (C=O) groups is 1. The zero-order chi connectivity index (χ0) is 12.1. The molecule has 1 aliphatic heterocycles. The molecule has 3 N–H and O–H groups in total. The van der Waals surface area contributed by atoms with Gasteiger partial charge in [0, 0.05) is 17.1 Å². The van der Waals surface area contributed by atoms with E-state index in [4.69, 9.17) is 0 Å². The van der Waals surface area contributed by atoms with Gasteiger partial charge in [-0.1, -0.05) is 12.1 Å². The molecule has 0 radical (unpaired) electrons. The van der Waals surface area contributed by atoms with Crippen LogP contribution in [-0.4, -0.2) is 25.2 Å². The van der Waals surface area contributed by atoms with E-state index in [1.165, 1.54) is 0 Å². The summed E-state index contributed by atoms with van der Waals surface area (Å²) in [5.41, 5.74) is 0.786. The topological polar surface area (TPSA) is 53.2 Å². The normalized spacial score (nSPS) is 19.7. The van der Waals surface area contributed by atoms with Gasteiger partial charge in [0.15, 0.2) is 0 Å². The van der Waals surface area contributed by atoms with Gasteiger partial charge in [-0.3, -0.25) is 0 Å². The molecule has 2 rings (SSSR count). The maximum Gasteiger partial charge on any atom is 0.319 e. The van der Waals surface area contributed by atoms with Crippen LogP contribution in [0.3, 0.4) is 0 Å². The monoisotopic (exact) mass is 297 g/mol. The van der Waals surface area contributed by atoms with Crippen LogP contribution in [0.1, 0.15) is 12.8 Å². The molecule has 1 heterocycles. The maximum absolute atomic E-state index is 11.8. The lowest BCUT2D eigenvalue weighted by Gasteiger charge is -2.24. The van der Waals surface area contributed by atoms with Crippen LogP contribution in [0.25, 0.3) is 0 Å². The number of halogens is 1. The molecule has 5 heteroatoms. The molecule has 0 aliphatic carbocycles. The van der Waals surface area contributed by atoms with Crippen LogP contribution in [0.15, 0.2) is 28.7 Å². The summed E-state index contributed by atoms with van der Waals surface area (Å²) in [6, 6.07) is 7.65. The minimum absolute atomic E-state index is 0.148. The Balaban J connectivity index is 1.86. The molecule has 1 unspecified atom stereocenters. The number of piperidine rings is 1. The van der Waals surface area contributed by atoms with Gasteiger partial charge in [-0.2, -0.15) is 0 Å². The summed E-state index contributed by atoms with van der Waals surface area (Å²) < 4.78 is 0.886. The van der Waals surface area contributed by atoms with Crippen molar-refractivity contribution in [3.05, 3.63) is 28.7 Å². The number of nitrogens with one attached hydrogen (secondary N) is 3. The number of urea groups is 1. The highest BCUT2D eigenvalue weighted by atomic mass is 79.9. The summed E-state index contributed by atoms with van der Waals surface area (Å²) in [5.74, 6) is 0. The third-order valence-electron chi connectivity index (χ3n) is 2.75. The molecule has 4 nitrogen and oxygen atoms in total. The summed E-state index contributed by atoms with van der Waals surface area (Å²) in [4.78, 5) is 11.8. The van der Waals surface area contributed by atoms with Crippen LogP contribution < -0.4 is 16.0 Å². The molecular formula is C12H16BrN3O. The van der Waals surface area contributed by atoms with Crippen LogP contribution in [0.4, 0.5) is 10.5 Å². The van der Waals surface area contributed by atoms with Crippen molar-refractivity contribution in [2.45, 2.75) is 18.9 Å². The number of anilines is 1. The second kappa shape index (κ2) is 6.02. The molecule has 1 aromatic rings. The standard InChI is InChI=1S/C12H16BrN3O/c13-10-5-1-2-6-11(10)16-12(17)15-9-4-3-7-14-8-9/h1-2,5-6,9,14H,3-4,7-8H2,(H2,15,16,17). The number of benzene rings is 1. The van der Waals surface area contributed by atoms with E-state index in [0.29, 0.717) is 0 Å². The molecule has 0 bridgehead atoms. The maximum atomic E-state index is 11.8. The van der Waals surface area contributed by atoms with Gasteiger partial charge in [0.2, 0.25) is 0 Å².